The van der Waals surface area contributed by atoms with E-state index >= 15 is 0 Å². The summed E-state index contributed by atoms with van der Waals surface area (Å²) in [5.41, 5.74) is 2.72. The van der Waals surface area contributed by atoms with E-state index in [4.69, 9.17) is 0 Å². The molecule has 0 aliphatic rings. The highest BCUT2D eigenvalue weighted by Crippen LogP contribution is 2.28. The van der Waals surface area contributed by atoms with Crippen LogP contribution in [0.5, 0.6) is 0 Å². The van der Waals surface area contributed by atoms with Crippen LogP contribution in [0.25, 0.3) is 0 Å². The summed E-state index contributed by atoms with van der Waals surface area (Å²) in [6, 6.07) is 8.65. The number of thioether (sulfide) groups is 1. The zero-order valence-corrected chi connectivity index (χ0v) is 13.5. The largest absolute Gasteiger partial charge is 0.381 e. The second-order valence-corrected chi connectivity index (χ2v) is 5.68. The quantitative estimate of drug-likeness (QED) is 0.535. The van der Waals surface area contributed by atoms with Gasteiger partial charge in [-0.3, -0.25) is 0 Å². The second-order valence-electron chi connectivity index (χ2n) is 4.83. The maximum absolute atomic E-state index is 2.33. The minimum absolute atomic E-state index is 0.445. The number of benzene rings is 1. The molecule has 0 heterocycles. The van der Waals surface area contributed by atoms with Crippen molar-refractivity contribution in [1.82, 2.24) is 4.90 Å². The molecule has 19 heavy (non-hydrogen) atoms. The molecule has 0 amide bonds. The predicted octanol–water partition coefficient (Wildman–Crippen LogP) is 4.92. The summed E-state index contributed by atoms with van der Waals surface area (Å²) in [6.45, 7) is 7.61. The van der Waals surface area contributed by atoms with E-state index in [1.54, 1.807) is 0 Å². The number of hydrogen-bond acceptors (Lipinski definition) is 2. The Bertz CT molecular complexity index is 448. The molecule has 0 radical (unpaired) electrons. The van der Waals surface area contributed by atoms with Gasteiger partial charge in [-0.25, -0.2) is 0 Å². The number of nitrogens with zero attached hydrogens (tertiary/aromatic N) is 1. The summed E-state index contributed by atoms with van der Waals surface area (Å²) in [4.78, 5) is 3.55. The Morgan fingerprint density at radius 2 is 2.05 bits per heavy atom. The Labute approximate surface area is 122 Å². The van der Waals surface area contributed by atoms with Gasteiger partial charge in [-0.2, -0.15) is 0 Å². The summed E-state index contributed by atoms with van der Waals surface area (Å²) in [6.07, 6.45) is 8.79. The minimum atomic E-state index is 0.445. The van der Waals surface area contributed by atoms with E-state index in [1.807, 2.05) is 11.8 Å². The SMILES string of the molecule is CCN(C)/C=C\C(C)=C\C(C)c1ccccc1SC. The van der Waals surface area contributed by atoms with Gasteiger partial charge in [0.1, 0.15) is 0 Å². The van der Waals surface area contributed by atoms with Crippen molar-refractivity contribution in [2.45, 2.75) is 31.6 Å². The van der Waals surface area contributed by atoms with Crippen molar-refractivity contribution in [2.24, 2.45) is 0 Å². The fraction of sp³-hybridized carbons (Fsp3) is 0.412. The van der Waals surface area contributed by atoms with Crippen molar-refractivity contribution >= 4 is 11.8 Å². The number of allylic oxidation sites excluding steroid dienone is 3. The third kappa shape index (κ3) is 5.15. The molecule has 0 saturated heterocycles. The molecule has 0 N–H and O–H groups in total. The lowest BCUT2D eigenvalue weighted by Crippen LogP contribution is -2.08. The Morgan fingerprint density at radius 1 is 1.37 bits per heavy atom. The zero-order valence-electron chi connectivity index (χ0n) is 12.7. The highest BCUT2D eigenvalue weighted by atomic mass is 32.2. The van der Waals surface area contributed by atoms with Crippen LogP contribution < -0.4 is 0 Å². The van der Waals surface area contributed by atoms with Gasteiger partial charge in [0.25, 0.3) is 0 Å². The van der Waals surface area contributed by atoms with E-state index in [0.717, 1.165) is 6.54 Å². The van der Waals surface area contributed by atoms with Crippen LogP contribution in [0.1, 0.15) is 32.3 Å². The van der Waals surface area contributed by atoms with E-state index in [2.05, 4.69) is 81.6 Å². The van der Waals surface area contributed by atoms with Crippen molar-refractivity contribution in [3.05, 3.63) is 53.8 Å². The van der Waals surface area contributed by atoms with Crippen LogP contribution in [0.3, 0.4) is 0 Å². The summed E-state index contributed by atoms with van der Waals surface area (Å²) in [5.74, 6) is 0.445. The normalized spacial score (nSPS) is 13.8. The Hall–Kier alpha value is -1.15. The lowest BCUT2D eigenvalue weighted by Gasteiger charge is -2.13. The fourth-order valence-electron chi connectivity index (χ4n) is 1.93. The van der Waals surface area contributed by atoms with Crippen LogP contribution in [0.4, 0.5) is 0 Å². The standard InChI is InChI=1S/C17H25NS/c1-6-18(4)12-11-14(2)13-15(3)16-9-7-8-10-17(16)19-5/h7-13,15H,6H2,1-5H3/b12-11-,14-13+. The third-order valence-corrected chi connectivity index (χ3v) is 4.04. The average molecular weight is 275 g/mol. The van der Waals surface area contributed by atoms with Crippen LogP contribution in [0.2, 0.25) is 0 Å². The van der Waals surface area contributed by atoms with Crippen molar-refractivity contribution in [1.29, 1.82) is 0 Å². The van der Waals surface area contributed by atoms with Gasteiger partial charge in [0.2, 0.25) is 0 Å². The van der Waals surface area contributed by atoms with Crippen molar-refractivity contribution in [3.8, 4) is 0 Å². The lowest BCUT2D eigenvalue weighted by atomic mass is 9.98. The number of rotatable bonds is 6. The van der Waals surface area contributed by atoms with Crippen LogP contribution >= 0.6 is 11.8 Å². The second kappa shape index (κ2) is 8.11. The molecule has 0 fully saturated rings. The lowest BCUT2D eigenvalue weighted by molar-refractivity contribution is 0.484. The van der Waals surface area contributed by atoms with Crippen LogP contribution in [0.15, 0.2) is 53.1 Å². The van der Waals surface area contributed by atoms with Crippen molar-refractivity contribution in [2.75, 3.05) is 19.8 Å². The molecule has 0 bridgehead atoms. The molecule has 1 nitrogen and oxygen atoms in total. The van der Waals surface area contributed by atoms with Gasteiger partial charge in [0.15, 0.2) is 0 Å². The molecule has 0 aliphatic heterocycles. The first kappa shape index (κ1) is 15.9. The molecule has 2 heteroatoms. The summed E-state index contributed by atoms with van der Waals surface area (Å²) >= 11 is 1.82. The van der Waals surface area contributed by atoms with Crippen LogP contribution in [-0.2, 0) is 0 Å². The molecule has 0 saturated carbocycles. The van der Waals surface area contributed by atoms with Crippen LogP contribution in [0, 0.1) is 0 Å². The molecule has 1 rings (SSSR count). The molecular weight excluding hydrogens is 250 g/mol. The van der Waals surface area contributed by atoms with E-state index in [0.29, 0.717) is 5.92 Å². The Kier molecular flexibility index (Phi) is 6.79. The molecule has 1 aromatic rings. The van der Waals surface area contributed by atoms with E-state index in [-0.39, 0.29) is 0 Å². The summed E-state index contributed by atoms with van der Waals surface area (Å²) in [7, 11) is 2.09. The summed E-state index contributed by atoms with van der Waals surface area (Å²) in [5, 5.41) is 0. The first-order valence-electron chi connectivity index (χ1n) is 6.78. The predicted molar refractivity (Wildman–Crippen MR) is 87.8 cm³/mol. The summed E-state index contributed by atoms with van der Waals surface area (Å²) < 4.78 is 0. The first-order chi connectivity index (χ1) is 9.08. The van der Waals surface area contributed by atoms with Crippen molar-refractivity contribution < 1.29 is 0 Å². The molecule has 0 aromatic heterocycles. The minimum Gasteiger partial charge on any atom is -0.381 e. The van der Waals surface area contributed by atoms with Gasteiger partial charge in [-0.1, -0.05) is 36.8 Å². The maximum Gasteiger partial charge on any atom is 0.0140 e. The highest BCUT2D eigenvalue weighted by Gasteiger charge is 2.06. The van der Waals surface area contributed by atoms with Gasteiger partial charge in [0.05, 0.1) is 0 Å². The van der Waals surface area contributed by atoms with Crippen molar-refractivity contribution in [3.63, 3.8) is 0 Å². The van der Waals surface area contributed by atoms with Gasteiger partial charge in [0, 0.05) is 24.4 Å². The van der Waals surface area contributed by atoms with Gasteiger partial charge >= 0.3 is 0 Å². The third-order valence-electron chi connectivity index (χ3n) is 3.23. The van der Waals surface area contributed by atoms with Gasteiger partial charge in [-0.15, -0.1) is 11.8 Å². The highest BCUT2D eigenvalue weighted by molar-refractivity contribution is 7.98. The first-order valence-corrected chi connectivity index (χ1v) is 8.00. The average Bonchev–Trinajstić information content (AvgIpc) is 2.44. The molecule has 1 unspecified atom stereocenters. The molecule has 0 spiro atoms. The zero-order chi connectivity index (χ0) is 14.3. The molecular formula is C17H25NS. The van der Waals surface area contributed by atoms with Gasteiger partial charge in [-0.05, 0) is 44.0 Å². The van der Waals surface area contributed by atoms with E-state index in [1.165, 1.54) is 16.0 Å². The fourth-order valence-corrected chi connectivity index (χ4v) is 2.64. The van der Waals surface area contributed by atoms with E-state index in [9.17, 15) is 0 Å². The molecule has 1 aromatic carbocycles. The number of hydrogen-bond donors (Lipinski definition) is 0. The molecule has 0 aliphatic carbocycles. The Morgan fingerprint density at radius 3 is 2.68 bits per heavy atom. The van der Waals surface area contributed by atoms with E-state index < -0.39 is 0 Å². The topological polar surface area (TPSA) is 3.24 Å². The maximum atomic E-state index is 2.33. The monoisotopic (exact) mass is 275 g/mol. The smallest absolute Gasteiger partial charge is 0.0140 e. The Balaban J connectivity index is 2.83. The van der Waals surface area contributed by atoms with Gasteiger partial charge < -0.3 is 4.90 Å². The molecule has 104 valence electrons. The molecule has 1 atom stereocenters. The van der Waals surface area contributed by atoms with Crippen LogP contribution in [-0.4, -0.2) is 24.7 Å².